The Balaban J connectivity index is 2.63. The zero-order chi connectivity index (χ0) is 15.0. The molecule has 0 aromatic rings. The predicted octanol–water partition coefficient (Wildman–Crippen LogP) is 2.82. The first-order chi connectivity index (χ1) is 9.65. The van der Waals surface area contributed by atoms with Gasteiger partial charge in [-0.3, -0.25) is 9.59 Å². The van der Waals surface area contributed by atoms with E-state index in [9.17, 15) is 9.59 Å². The predicted molar refractivity (Wildman–Crippen MR) is 80.5 cm³/mol. The fourth-order valence-electron chi connectivity index (χ4n) is 2.36. The lowest BCUT2D eigenvalue weighted by Gasteiger charge is -2.19. The molecule has 1 heterocycles. The van der Waals surface area contributed by atoms with E-state index in [0.29, 0.717) is 6.61 Å². The minimum atomic E-state index is -0.780. The molecule has 3 atom stereocenters. The highest BCUT2D eigenvalue weighted by molar-refractivity contribution is 7.99. The molecule has 0 saturated carbocycles. The molecule has 0 aromatic carbocycles. The molecule has 20 heavy (non-hydrogen) atoms. The van der Waals surface area contributed by atoms with E-state index in [4.69, 9.17) is 9.47 Å². The van der Waals surface area contributed by atoms with Crippen molar-refractivity contribution in [3.05, 3.63) is 12.2 Å². The van der Waals surface area contributed by atoms with Gasteiger partial charge >= 0.3 is 11.9 Å². The third kappa shape index (κ3) is 4.54. The van der Waals surface area contributed by atoms with Gasteiger partial charge in [-0.1, -0.05) is 31.9 Å². The Bertz CT molecular complexity index is 354. The van der Waals surface area contributed by atoms with Gasteiger partial charge < -0.3 is 9.47 Å². The number of cyclic esters (lactones) is 1. The highest BCUT2D eigenvalue weighted by Crippen LogP contribution is 2.32. The minimum absolute atomic E-state index is 0.104. The van der Waals surface area contributed by atoms with Gasteiger partial charge in [-0.2, -0.15) is 11.8 Å². The van der Waals surface area contributed by atoms with E-state index in [0.717, 1.165) is 6.42 Å². The summed E-state index contributed by atoms with van der Waals surface area (Å²) >= 11 is 1.64. The van der Waals surface area contributed by atoms with Crippen molar-refractivity contribution in [3.63, 3.8) is 0 Å². The number of hydrogen-bond donors (Lipinski definition) is 0. The third-order valence-corrected chi connectivity index (χ3v) is 4.60. The number of esters is 2. The van der Waals surface area contributed by atoms with Crippen molar-refractivity contribution in [1.29, 1.82) is 0 Å². The van der Waals surface area contributed by atoms with Gasteiger partial charge in [-0.15, -0.1) is 0 Å². The molecule has 1 rings (SSSR count). The Morgan fingerprint density at radius 2 is 2.30 bits per heavy atom. The van der Waals surface area contributed by atoms with Crippen LogP contribution >= 0.6 is 11.8 Å². The van der Waals surface area contributed by atoms with Crippen molar-refractivity contribution in [2.75, 3.05) is 20.0 Å². The maximum atomic E-state index is 11.7. The van der Waals surface area contributed by atoms with E-state index in [-0.39, 0.29) is 11.2 Å². The van der Waals surface area contributed by atoms with Gasteiger partial charge in [0.15, 0.2) is 5.92 Å². The van der Waals surface area contributed by atoms with Crippen LogP contribution in [0.4, 0.5) is 0 Å². The summed E-state index contributed by atoms with van der Waals surface area (Å²) in [6.07, 6.45) is 10.9. The van der Waals surface area contributed by atoms with Gasteiger partial charge in [0.05, 0.1) is 13.7 Å². The van der Waals surface area contributed by atoms with E-state index in [1.54, 1.807) is 11.8 Å². The molecule has 3 unspecified atom stereocenters. The van der Waals surface area contributed by atoms with Crippen molar-refractivity contribution in [3.8, 4) is 0 Å². The number of hydrogen-bond acceptors (Lipinski definition) is 5. The topological polar surface area (TPSA) is 52.6 Å². The lowest BCUT2D eigenvalue weighted by molar-refractivity contribution is -0.154. The van der Waals surface area contributed by atoms with Gasteiger partial charge in [0.1, 0.15) is 0 Å². The molecular weight excluding hydrogens is 276 g/mol. The maximum Gasteiger partial charge on any atom is 0.320 e. The molecule has 5 heteroatoms. The van der Waals surface area contributed by atoms with Gasteiger partial charge in [-0.25, -0.2) is 0 Å². The van der Waals surface area contributed by atoms with Crippen LogP contribution in [0.1, 0.15) is 32.6 Å². The quantitative estimate of drug-likeness (QED) is 0.298. The van der Waals surface area contributed by atoms with Crippen molar-refractivity contribution < 1.29 is 19.1 Å². The molecule has 1 aliphatic rings. The van der Waals surface area contributed by atoms with Crippen LogP contribution in [-0.2, 0) is 19.1 Å². The van der Waals surface area contributed by atoms with Crippen LogP contribution in [0, 0.1) is 11.8 Å². The highest BCUT2D eigenvalue weighted by atomic mass is 32.2. The summed E-state index contributed by atoms with van der Waals surface area (Å²) in [6.45, 7) is 2.47. The molecule has 0 amide bonds. The molecular formula is C15H24O4S. The summed E-state index contributed by atoms with van der Waals surface area (Å²) in [7, 11) is 1.31. The number of carbonyl (C=O) groups is 2. The first-order valence-electron chi connectivity index (χ1n) is 7.09. The van der Waals surface area contributed by atoms with Crippen molar-refractivity contribution >= 4 is 23.7 Å². The second-order valence-corrected chi connectivity index (χ2v) is 5.93. The highest BCUT2D eigenvalue weighted by Gasteiger charge is 2.46. The zero-order valence-electron chi connectivity index (χ0n) is 12.5. The average Bonchev–Trinajstić information content (AvgIpc) is 2.84. The number of unbranched alkanes of at least 4 members (excludes halogenated alkanes) is 3. The fourth-order valence-corrected chi connectivity index (χ4v) is 3.21. The summed E-state index contributed by atoms with van der Waals surface area (Å²) in [6, 6.07) is 0. The summed E-state index contributed by atoms with van der Waals surface area (Å²) in [5.41, 5.74) is 0. The van der Waals surface area contributed by atoms with Crippen LogP contribution in [0.5, 0.6) is 0 Å². The molecule has 0 aliphatic carbocycles. The van der Waals surface area contributed by atoms with Crippen LogP contribution in [0.15, 0.2) is 12.2 Å². The first-order valence-corrected chi connectivity index (χ1v) is 8.38. The molecule has 114 valence electrons. The van der Waals surface area contributed by atoms with Crippen LogP contribution < -0.4 is 0 Å². The molecule has 0 radical (unpaired) electrons. The minimum Gasteiger partial charge on any atom is -0.468 e. The number of carbonyl (C=O) groups excluding carboxylic acids is 2. The van der Waals surface area contributed by atoms with Gasteiger partial charge in [-0.05, 0) is 19.1 Å². The van der Waals surface area contributed by atoms with Crippen LogP contribution in [0.3, 0.4) is 0 Å². The number of ether oxygens (including phenoxy) is 2. The third-order valence-electron chi connectivity index (χ3n) is 3.55. The standard InChI is InChI=1S/C15H24O4S/c1-4-5-6-7-8-9-12(20-3)11-10-19-15(17)13(11)14(16)18-2/h8-9,11-13H,4-7,10H2,1-3H3/b9-8+. The van der Waals surface area contributed by atoms with Crippen LogP contribution in [0.25, 0.3) is 0 Å². The molecule has 4 nitrogen and oxygen atoms in total. The summed E-state index contributed by atoms with van der Waals surface area (Å²) in [5.74, 6) is -1.86. The van der Waals surface area contributed by atoms with Crippen molar-refractivity contribution in [1.82, 2.24) is 0 Å². The van der Waals surface area contributed by atoms with E-state index < -0.39 is 17.9 Å². The van der Waals surface area contributed by atoms with Crippen LogP contribution in [0.2, 0.25) is 0 Å². The van der Waals surface area contributed by atoms with Gasteiger partial charge in [0.2, 0.25) is 0 Å². The van der Waals surface area contributed by atoms with Crippen molar-refractivity contribution in [2.24, 2.45) is 11.8 Å². The zero-order valence-corrected chi connectivity index (χ0v) is 13.3. The molecule has 1 saturated heterocycles. The average molecular weight is 300 g/mol. The monoisotopic (exact) mass is 300 g/mol. The fraction of sp³-hybridized carbons (Fsp3) is 0.733. The SMILES string of the molecule is CCCCC/C=C/C(SC)C1COC(=O)C1C(=O)OC. The molecule has 0 N–H and O–H groups in total. The van der Waals surface area contributed by atoms with Crippen molar-refractivity contribution in [2.45, 2.75) is 37.9 Å². The lowest BCUT2D eigenvalue weighted by Crippen LogP contribution is -2.32. The van der Waals surface area contributed by atoms with Crippen LogP contribution in [-0.4, -0.2) is 37.2 Å². The number of thioether (sulfide) groups is 1. The Morgan fingerprint density at radius 3 is 2.90 bits per heavy atom. The maximum absolute atomic E-state index is 11.7. The van der Waals surface area contributed by atoms with E-state index in [2.05, 4.69) is 19.1 Å². The van der Waals surface area contributed by atoms with E-state index in [1.807, 2.05) is 6.26 Å². The van der Waals surface area contributed by atoms with E-state index >= 15 is 0 Å². The smallest absolute Gasteiger partial charge is 0.320 e. The van der Waals surface area contributed by atoms with E-state index in [1.165, 1.54) is 26.4 Å². The molecule has 0 spiro atoms. The summed E-state index contributed by atoms with van der Waals surface area (Å²) in [4.78, 5) is 23.4. The number of rotatable bonds is 8. The summed E-state index contributed by atoms with van der Waals surface area (Å²) in [5, 5.41) is 0.104. The lowest BCUT2D eigenvalue weighted by atomic mass is 9.91. The molecule has 0 aromatic heterocycles. The second kappa shape index (κ2) is 9.06. The first kappa shape index (κ1) is 17.1. The number of methoxy groups -OCH3 is 1. The Hall–Kier alpha value is -0.970. The largest absolute Gasteiger partial charge is 0.468 e. The Labute approximate surface area is 125 Å². The molecule has 1 fully saturated rings. The second-order valence-electron chi connectivity index (χ2n) is 4.92. The molecule has 0 bridgehead atoms. The summed E-state index contributed by atoms with van der Waals surface area (Å²) < 4.78 is 9.76. The Morgan fingerprint density at radius 1 is 1.55 bits per heavy atom. The number of allylic oxidation sites excluding steroid dienone is 1. The normalized spacial score (nSPS) is 23.9. The molecule has 1 aliphatic heterocycles. The van der Waals surface area contributed by atoms with Gasteiger partial charge in [0.25, 0.3) is 0 Å². The Kier molecular flexibility index (Phi) is 7.73. The van der Waals surface area contributed by atoms with Gasteiger partial charge in [0, 0.05) is 11.2 Å².